The van der Waals surface area contributed by atoms with Gasteiger partial charge in [-0.05, 0) is 51.2 Å². The molecule has 5 heteroatoms. The fourth-order valence-corrected chi connectivity index (χ4v) is 3.27. The molecule has 120 valence electrons. The summed E-state index contributed by atoms with van der Waals surface area (Å²) in [4.78, 5) is 11.9. The van der Waals surface area contributed by atoms with Crippen LogP contribution in [-0.2, 0) is 6.54 Å². The van der Waals surface area contributed by atoms with E-state index in [-0.39, 0.29) is 5.78 Å². The molecule has 0 unspecified atom stereocenters. The lowest BCUT2D eigenvalue weighted by atomic mass is 10.0. The van der Waals surface area contributed by atoms with Crippen LogP contribution in [0.4, 0.5) is 5.69 Å². The van der Waals surface area contributed by atoms with Crippen molar-refractivity contribution in [3.63, 3.8) is 0 Å². The van der Waals surface area contributed by atoms with Crippen molar-refractivity contribution in [2.24, 2.45) is 0 Å². The van der Waals surface area contributed by atoms with Gasteiger partial charge in [0.1, 0.15) is 5.82 Å². The first-order valence-corrected chi connectivity index (χ1v) is 8.43. The SMILES string of the molecule is CC(=O)c1c(C)cccc1NCc1nnc(C2CC2)n1C1CC1. The van der Waals surface area contributed by atoms with Crippen LogP contribution in [0.15, 0.2) is 18.2 Å². The molecule has 2 fully saturated rings. The number of hydrogen-bond acceptors (Lipinski definition) is 4. The van der Waals surface area contributed by atoms with Gasteiger partial charge in [-0.3, -0.25) is 4.79 Å². The van der Waals surface area contributed by atoms with E-state index in [0.29, 0.717) is 18.5 Å². The molecule has 0 spiro atoms. The first-order valence-electron chi connectivity index (χ1n) is 8.43. The molecule has 0 saturated heterocycles. The number of carbonyl (C=O) groups is 1. The molecule has 23 heavy (non-hydrogen) atoms. The maximum absolute atomic E-state index is 11.9. The average Bonchev–Trinajstić information content (AvgIpc) is 3.43. The Morgan fingerprint density at radius 2 is 2.04 bits per heavy atom. The Labute approximate surface area is 136 Å². The quantitative estimate of drug-likeness (QED) is 0.828. The molecule has 1 N–H and O–H groups in total. The predicted octanol–water partition coefficient (Wildman–Crippen LogP) is 3.61. The van der Waals surface area contributed by atoms with Crippen molar-refractivity contribution in [2.75, 3.05) is 5.32 Å². The van der Waals surface area contributed by atoms with Gasteiger partial charge in [0, 0.05) is 23.2 Å². The number of rotatable bonds is 6. The first-order chi connectivity index (χ1) is 11.1. The highest BCUT2D eigenvalue weighted by Crippen LogP contribution is 2.44. The van der Waals surface area contributed by atoms with E-state index >= 15 is 0 Å². The van der Waals surface area contributed by atoms with E-state index in [1.54, 1.807) is 6.92 Å². The Morgan fingerprint density at radius 1 is 1.26 bits per heavy atom. The van der Waals surface area contributed by atoms with Gasteiger partial charge < -0.3 is 9.88 Å². The van der Waals surface area contributed by atoms with Crippen LogP contribution in [0.3, 0.4) is 0 Å². The molecular formula is C18H22N4O. The van der Waals surface area contributed by atoms with Crippen LogP contribution in [0.1, 0.15) is 72.1 Å². The molecule has 2 aromatic rings. The number of aromatic nitrogens is 3. The van der Waals surface area contributed by atoms with Gasteiger partial charge in [-0.15, -0.1) is 10.2 Å². The number of anilines is 1. The molecular weight excluding hydrogens is 288 g/mol. The molecule has 2 aliphatic rings. The lowest BCUT2D eigenvalue weighted by molar-refractivity contribution is 0.101. The van der Waals surface area contributed by atoms with Crippen molar-refractivity contribution < 1.29 is 4.79 Å². The summed E-state index contributed by atoms with van der Waals surface area (Å²) in [6.07, 6.45) is 4.94. The van der Waals surface area contributed by atoms with Crippen molar-refractivity contribution in [3.8, 4) is 0 Å². The van der Waals surface area contributed by atoms with E-state index in [9.17, 15) is 4.79 Å². The zero-order valence-corrected chi connectivity index (χ0v) is 13.7. The standard InChI is InChI=1S/C18H22N4O/c1-11-4-3-5-15(17(11)12(2)23)19-10-16-20-21-18(13-6-7-13)22(16)14-8-9-14/h3-5,13-14,19H,6-10H2,1-2H3. The Bertz CT molecular complexity index is 756. The number of ketones is 1. The van der Waals surface area contributed by atoms with Crippen molar-refractivity contribution in [2.45, 2.75) is 58.0 Å². The molecule has 4 rings (SSSR count). The van der Waals surface area contributed by atoms with Gasteiger partial charge in [0.2, 0.25) is 0 Å². The molecule has 0 radical (unpaired) electrons. The molecule has 5 nitrogen and oxygen atoms in total. The van der Waals surface area contributed by atoms with Crippen molar-refractivity contribution in [3.05, 3.63) is 41.0 Å². The highest BCUT2D eigenvalue weighted by Gasteiger charge is 2.36. The van der Waals surface area contributed by atoms with Crippen molar-refractivity contribution in [1.82, 2.24) is 14.8 Å². The molecule has 0 atom stereocenters. The summed E-state index contributed by atoms with van der Waals surface area (Å²) in [5.41, 5.74) is 2.66. The Morgan fingerprint density at radius 3 is 2.70 bits per heavy atom. The summed E-state index contributed by atoms with van der Waals surface area (Å²) >= 11 is 0. The van der Waals surface area contributed by atoms with Gasteiger partial charge >= 0.3 is 0 Å². The van der Waals surface area contributed by atoms with Gasteiger partial charge in [-0.25, -0.2) is 0 Å². The first kappa shape index (κ1) is 14.4. The minimum absolute atomic E-state index is 0.0907. The number of carbonyl (C=O) groups excluding carboxylic acids is 1. The van der Waals surface area contributed by atoms with Gasteiger partial charge in [0.15, 0.2) is 11.6 Å². The summed E-state index contributed by atoms with van der Waals surface area (Å²) < 4.78 is 2.34. The molecule has 1 aromatic carbocycles. The van der Waals surface area contributed by atoms with Gasteiger partial charge in [-0.1, -0.05) is 12.1 Å². The van der Waals surface area contributed by atoms with Crippen LogP contribution in [0.5, 0.6) is 0 Å². The Kier molecular flexibility index (Phi) is 3.43. The highest BCUT2D eigenvalue weighted by molar-refractivity contribution is 6.00. The van der Waals surface area contributed by atoms with E-state index in [0.717, 1.165) is 22.6 Å². The zero-order valence-electron chi connectivity index (χ0n) is 13.7. The number of benzene rings is 1. The molecule has 0 aliphatic heterocycles. The molecule has 1 aromatic heterocycles. The number of nitrogens with one attached hydrogen (secondary N) is 1. The monoisotopic (exact) mass is 310 g/mol. The third kappa shape index (κ3) is 2.76. The molecule has 1 heterocycles. The van der Waals surface area contributed by atoms with Crippen LogP contribution in [0, 0.1) is 6.92 Å². The molecule has 2 saturated carbocycles. The second-order valence-electron chi connectivity index (χ2n) is 6.76. The average molecular weight is 310 g/mol. The summed E-state index contributed by atoms with van der Waals surface area (Å²) in [6, 6.07) is 6.50. The summed E-state index contributed by atoms with van der Waals surface area (Å²) in [7, 11) is 0. The summed E-state index contributed by atoms with van der Waals surface area (Å²) in [6.45, 7) is 4.20. The van der Waals surface area contributed by atoms with E-state index in [1.807, 2.05) is 25.1 Å². The smallest absolute Gasteiger partial charge is 0.162 e. The minimum Gasteiger partial charge on any atom is -0.377 e. The van der Waals surface area contributed by atoms with Crippen LogP contribution >= 0.6 is 0 Å². The normalized spacial score (nSPS) is 17.3. The lowest BCUT2D eigenvalue weighted by Gasteiger charge is -2.13. The van der Waals surface area contributed by atoms with E-state index in [2.05, 4.69) is 20.1 Å². The maximum Gasteiger partial charge on any atom is 0.162 e. The zero-order chi connectivity index (χ0) is 16.0. The number of Topliss-reactive ketones (excluding diaryl/α,β-unsaturated/α-hetero) is 1. The van der Waals surface area contributed by atoms with Crippen molar-refractivity contribution in [1.29, 1.82) is 0 Å². The number of aryl methyl sites for hydroxylation is 1. The predicted molar refractivity (Wildman–Crippen MR) is 88.8 cm³/mol. The third-order valence-corrected chi connectivity index (χ3v) is 4.71. The topological polar surface area (TPSA) is 59.8 Å². The largest absolute Gasteiger partial charge is 0.377 e. The van der Waals surface area contributed by atoms with E-state index in [1.165, 1.54) is 31.5 Å². The maximum atomic E-state index is 11.9. The van der Waals surface area contributed by atoms with Crippen LogP contribution in [0.2, 0.25) is 0 Å². The number of hydrogen-bond donors (Lipinski definition) is 1. The van der Waals surface area contributed by atoms with E-state index in [4.69, 9.17) is 0 Å². The second kappa shape index (κ2) is 5.48. The fourth-order valence-electron chi connectivity index (χ4n) is 3.27. The molecule has 2 aliphatic carbocycles. The number of nitrogens with zero attached hydrogens (tertiary/aromatic N) is 3. The highest BCUT2D eigenvalue weighted by atomic mass is 16.1. The van der Waals surface area contributed by atoms with Crippen LogP contribution < -0.4 is 5.32 Å². The van der Waals surface area contributed by atoms with E-state index < -0.39 is 0 Å². The molecule has 0 amide bonds. The fraction of sp³-hybridized carbons (Fsp3) is 0.500. The van der Waals surface area contributed by atoms with Gasteiger partial charge in [-0.2, -0.15) is 0 Å². The molecule has 0 bridgehead atoms. The van der Waals surface area contributed by atoms with Crippen LogP contribution in [-0.4, -0.2) is 20.5 Å². The Hall–Kier alpha value is -2.17. The summed E-state index contributed by atoms with van der Waals surface area (Å²) in [5, 5.41) is 12.3. The van der Waals surface area contributed by atoms with Crippen molar-refractivity contribution >= 4 is 11.5 Å². The third-order valence-electron chi connectivity index (χ3n) is 4.71. The minimum atomic E-state index is 0.0907. The van der Waals surface area contributed by atoms with Gasteiger partial charge in [0.25, 0.3) is 0 Å². The lowest BCUT2D eigenvalue weighted by Crippen LogP contribution is -2.12. The second-order valence-corrected chi connectivity index (χ2v) is 6.76. The Balaban J connectivity index is 1.58. The summed E-state index contributed by atoms with van der Waals surface area (Å²) in [5.74, 6) is 2.86. The van der Waals surface area contributed by atoms with Gasteiger partial charge in [0.05, 0.1) is 6.54 Å². The van der Waals surface area contributed by atoms with Crippen LogP contribution in [0.25, 0.3) is 0 Å².